The lowest BCUT2D eigenvalue weighted by atomic mass is 9.79. The van der Waals surface area contributed by atoms with Crippen molar-refractivity contribution in [3.8, 4) is 0 Å². The molecule has 1 aliphatic carbocycles. The van der Waals surface area contributed by atoms with Gasteiger partial charge < -0.3 is 10.2 Å². The zero-order valence-electron chi connectivity index (χ0n) is 14.8. The molecule has 1 amide bonds. The van der Waals surface area contributed by atoms with E-state index in [2.05, 4.69) is 37.4 Å². The van der Waals surface area contributed by atoms with E-state index in [4.69, 9.17) is 0 Å². The number of hydrogen-bond donors (Lipinski definition) is 1. The lowest BCUT2D eigenvalue weighted by molar-refractivity contribution is -0.131. The number of nitrogens with zero attached hydrogens (tertiary/aromatic N) is 1. The van der Waals surface area contributed by atoms with Crippen LogP contribution in [0.3, 0.4) is 0 Å². The van der Waals surface area contributed by atoms with Gasteiger partial charge in [0.1, 0.15) is 0 Å². The summed E-state index contributed by atoms with van der Waals surface area (Å²) in [5.74, 6) is 0.284. The largest absolute Gasteiger partial charge is 0.386 e. The first-order chi connectivity index (χ1) is 11.4. The van der Waals surface area contributed by atoms with Crippen molar-refractivity contribution in [2.75, 3.05) is 13.1 Å². The fourth-order valence-corrected chi connectivity index (χ4v) is 3.94. The van der Waals surface area contributed by atoms with Crippen molar-refractivity contribution < 1.29 is 9.59 Å². The van der Waals surface area contributed by atoms with Crippen molar-refractivity contribution in [3.63, 3.8) is 0 Å². The molecule has 1 atom stereocenters. The van der Waals surface area contributed by atoms with Gasteiger partial charge in [0, 0.05) is 38.2 Å². The Labute approximate surface area is 143 Å². The minimum Gasteiger partial charge on any atom is -0.386 e. The Balaban J connectivity index is 1.79. The van der Waals surface area contributed by atoms with Gasteiger partial charge in [-0.3, -0.25) is 9.59 Å². The number of allylic oxidation sites excluding steroid dienone is 2. The van der Waals surface area contributed by atoms with Gasteiger partial charge in [0.05, 0.1) is 6.04 Å². The number of carbonyl (C=O) groups excluding carboxylic acids is 2. The summed E-state index contributed by atoms with van der Waals surface area (Å²) in [6.07, 6.45) is 4.11. The van der Waals surface area contributed by atoms with E-state index >= 15 is 0 Å². The van der Waals surface area contributed by atoms with Gasteiger partial charge in [-0.2, -0.15) is 0 Å². The first kappa shape index (κ1) is 16.7. The molecule has 1 N–H and O–H groups in total. The van der Waals surface area contributed by atoms with E-state index < -0.39 is 0 Å². The highest BCUT2D eigenvalue weighted by molar-refractivity contribution is 5.91. The molecule has 0 spiro atoms. The van der Waals surface area contributed by atoms with Crippen molar-refractivity contribution in [1.82, 2.24) is 10.2 Å². The van der Waals surface area contributed by atoms with Gasteiger partial charge in [0.2, 0.25) is 5.91 Å². The van der Waals surface area contributed by atoms with Crippen LogP contribution < -0.4 is 5.32 Å². The summed E-state index contributed by atoms with van der Waals surface area (Å²) < 4.78 is 0. The average molecular weight is 326 g/mol. The molecule has 1 aromatic rings. The minimum absolute atomic E-state index is 0.00109. The van der Waals surface area contributed by atoms with Crippen molar-refractivity contribution in [2.24, 2.45) is 5.41 Å². The van der Waals surface area contributed by atoms with Gasteiger partial charge in [-0.1, -0.05) is 38.1 Å². The molecule has 0 saturated carbocycles. The fourth-order valence-electron chi connectivity index (χ4n) is 3.94. The summed E-state index contributed by atoms with van der Waals surface area (Å²) in [4.78, 5) is 25.9. The van der Waals surface area contributed by atoms with Crippen LogP contribution in [0.15, 0.2) is 36.0 Å². The number of amides is 1. The lowest BCUT2D eigenvalue weighted by Crippen LogP contribution is -2.43. The highest BCUT2D eigenvalue weighted by atomic mass is 16.2. The van der Waals surface area contributed by atoms with Gasteiger partial charge in [0.25, 0.3) is 0 Å². The standard InChI is InChI=1S/C20H26N2O2/c1-14(23)22-9-8-15-6-4-5-7-18(15)19(22)13-21-16-10-17(24)12-20(2,3)11-16/h4-7,10,19,21H,8-9,11-13H2,1-3H3. The van der Waals surface area contributed by atoms with E-state index in [0.29, 0.717) is 13.0 Å². The third kappa shape index (κ3) is 3.53. The van der Waals surface area contributed by atoms with E-state index in [0.717, 1.165) is 25.1 Å². The molecule has 128 valence electrons. The van der Waals surface area contributed by atoms with Crippen molar-refractivity contribution in [3.05, 3.63) is 47.2 Å². The Morgan fingerprint density at radius 1 is 1.29 bits per heavy atom. The molecule has 1 unspecified atom stereocenters. The number of hydrogen-bond acceptors (Lipinski definition) is 3. The summed E-state index contributed by atoms with van der Waals surface area (Å²) in [6, 6.07) is 8.36. The molecule has 24 heavy (non-hydrogen) atoms. The van der Waals surface area contributed by atoms with E-state index in [1.54, 1.807) is 13.0 Å². The molecule has 0 aromatic heterocycles. The number of fused-ring (bicyclic) bond motifs is 1. The molecule has 4 nitrogen and oxygen atoms in total. The predicted octanol–water partition coefficient (Wildman–Crippen LogP) is 2.99. The topological polar surface area (TPSA) is 49.4 Å². The summed E-state index contributed by atoms with van der Waals surface area (Å²) in [5, 5.41) is 3.45. The molecule has 0 saturated heterocycles. The quantitative estimate of drug-likeness (QED) is 0.929. The molecule has 0 radical (unpaired) electrons. The van der Waals surface area contributed by atoms with Crippen LogP contribution in [0.25, 0.3) is 0 Å². The maximum atomic E-state index is 12.1. The van der Waals surface area contributed by atoms with Crippen molar-refractivity contribution >= 4 is 11.7 Å². The lowest BCUT2D eigenvalue weighted by Gasteiger charge is -2.38. The van der Waals surface area contributed by atoms with Gasteiger partial charge in [-0.05, 0) is 29.4 Å². The highest BCUT2D eigenvalue weighted by Gasteiger charge is 2.31. The second kappa shape index (κ2) is 6.42. The Bertz CT molecular complexity index is 691. The number of benzene rings is 1. The SMILES string of the molecule is CC(=O)N1CCc2ccccc2C1CNC1=CC(=O)CC(C)(C)C1. The molecule has 1 aliphatic heterocycles. The van der Waals surface area contributed by atoms with Gasteiger partial charge in [-0.15, -0.1) is 0 Å². The second-order valence-electron chi connectivity index (χ2n) is 7.71. The average Bonchev–Trinajstić information content (AvgIpc) is 2.50. The molecule has 0 fully saturated rings. The third-order valence-corrected chi connectivity index (χ3v) is 5.00. The van der Waals surface area contributed by atoms with Crippen molar-refractivity contribution in [2.45, 2.75) is 46.1 Å². The van der Waals surface area contributed by atoms with Crippen LogP contribution in [-0.2, 0) is 16.0 Å². The van der Waals surface area contributed by atoms with Crippen LogP contribution in [0, 0.1) is 5.41 Å². The summed E-state index contributed by atoms with van der Waals surface area (Å²) in [5.41, 5.74) is 3.52. The Kier molecular flexibility index (Phi) is 4.48. The Hall–Kier alpha value is -2.10. The maximum Gasteiger partial charge on any atom is 0.220 e. The zero-order valence-corrected chi connectivity index (χ0v) is 14.8. The fraction of sp³-hybridized carbons (Fsp3) is 0.500. The van der Waals surface area contributed by atoms with Crippen LogP contribution in [0.5, 0.6) is 0 Å². The molecule has 4 heteroatoms. The van der Waals surface area contributed by atoms with Crippen molar-refractivity contribution in [1.29, 1.82) is 0 Å². The van der Waals surface area contributed by atoms with Crippen LogP contribution in [-0.4, -0.2) is 29.7 Å². The van der Waals surface area contributed by atoms with Gasteiger partial charge in [0.15, 0.2) is 5.78 Å². The van der Waals surface area contributed by atoms with Gasteiger partial charge >= 0.3 is 0 Å². The second-order valence-corrected chi connectivity index (χ2v) is 7.71. The number of rotatable bonds is 3. The van der Waals surface area contributed by atoms with E-state index in [1.165, 1.54) is 11.1 Å². The Morgan fingerprint density at radius 3 is 2.75 bits per heavy atom. The van der Waals surface area contributed by atoms with Crippen LogP contribution in [0.1, 0.15) is 50.8 Å². The molecular formula is C20H26N2O2. The predicted molar refractivity (Wildman–Crippen MR) is 94.4 cm³/mol. The molecule has 1 heterocycles. The first-order valence-electron chi connectivity index (χ1n) is 8.68. The molecule has 3 rings (SSSR count). The molecule has 1 aromatic carbocycles. The summed E-state index contributed by atoms with van der Waals surface area (Å²) >= 11 is 0. The summed E-state index contributed by atoms with van der Waals surface area (Å²) in [7, 11) is 0. The van der Waals surface area contributed by atoms with E-state index in [-0.39, 0.29) is 23.1 Å². The minimum atomic E-state index is -0.00109. The first-order valence-corrected chi connectivity index (χ1v) is 8.68. The van der Waals surface area contributed by atoms with Crippen LogP contribution >= 0.6 is 0 Å². The van der Waals surface area contributed by atoms with E-state index in [1.807, 2.05) is 11.0 Å². The zero-order chi connectivity index (χ0) is 17.3. The maximum absolute atomic E-state index is 12.1. The normalized spacial score (nSPS) is 22.6. The van der Waals surface area contributed by atoms with Gasteiger partial charge in [-0.25, -0.2) is 0 Å². The molecule has 2 aliphatic rings. The molecular weight excluding hydrogens is 300 g/mol. The number of carbonyl (C=O) groups is 2. The number of ketones is 1. The number of nitrogens with one attached hydrogen (secondary N) is 1. The smallest absolute Gasteiger partial charge is 0.220 e. The third-order valence-electron chi connectivity index (χ3n) is 5.00. The molecule has 0 bridgehead atoms. The highest BCUT2D eigenvalue weighted by Crippen LogP contribution is 2.34. The summed E-state index contributed by atoms with van der Waals surface area (Å²) in [6.45, 7) is 7.27. The van der Waals surface area contributed by atoms with E-state index in [9.17, 15) is 9.59 Å². The van der Waals surface area contributed by atoms with Crippen LogP contribution in [0.4, 0.5) is 0 Å². The van der Waals surface area contributed by atoms with Crippen LogP contribution in [0.2, 0.25) is 0 Å². The monoisotopic (exact) mass is 326 g/mol. The Morgan fingerprint density at radius 2 is 2.04 bits per heavy atom.